The fourth-order valence-corrected chi connectivity index (χ4v) is 4.39. The van der Waals surface area contributed by atoms with Crippen molar-refractivity contribution in [2.24, 2.45) is 0 Å². The molecule has 1 N–H and O–H groups in total. The Kier molecular flexibility index (Phi) is 5.84. The fraction of sp³-hybridized carbons (Fsp3) is 0.400. The lowest BCUT2D eigenvalue weighted by Gasteiger charge is -2.18. The molecule has 1 aliphatic heterocycles. The minimum absolute atomic E-state index is 0.224. The second-order valence-electron chi connectivity index (χ2n) is 6.61. The Morgan fingerprint density at radius 2 is 1.73 bits per heavy atom. The third-order valence-corrected chi connectivity index (χ3v) is 6.16. The first-order valence-corrected chi connectivity index (χ1v) is 10.5. The number of ether oxygens (including phenoxy) is 1. The van der Waals surface area contributed by atoms with Crippen LogP contribution in [0.2, 0.25) is 0 Å². The molecule has 6 heteroatoms. The van der Waals surface area contributed by atoms with E-state index in [0.717, 1.165) is 38.9 Å². The van der Waals surface area contributed by atoms with Gasteiger partial charge < -0.3 is 9.64 Å². The number of sulfonamides is 1. The SMILES string of the molecule is CCCN1CCc2ccc(NS(=O)(=O)c3ccc(OC)cc3)cc2CC1. The highest BCUT2D eigenvalue weighted by atomic mass is 32.2. The van der Waals surface area contributed by atoms with Crippen molar-refractivity contribution in [3.63, 3.8) is 0 Å². The van der Waals surface area contributed by atoms with Crippen molar-refractivity contribution < 1.29 is 13.2 Å². The maximum Gasteiger partial charge on any atom is 0.261 e. The third kappa shape index (κ3) is 4.37. The molecular formula is C20H26N2O3S. The van der Waals surface area contributed by atoms with Crippen LogP contribution in [0.5, 0.6) is 5.75 Å². The predicted octanol–water partition coefficient (Wildman–Crippen LogP) is 3.31. The van der Waals surface area contributed by atoms with Crippen LogP contribution in [0, 0.1) is 0 Å². The molecule has 2 aromatic carbocycles. The molecule has 0 unspecified atom stereocenters. The van der Waals surface area contributed by atoms with Crippen LogP contribution >= 0.6 is 0 Å². The number of anilines is 1. The molecule has 3 rings (SSSR count). The molecule has 0 aliphatic carbocycles. The van der Waals surface area contributed by atoms with Crippen LogP contribution in [0.3, 0.4) is 0 Å². The van der Waals surface area contributed by atoms with Crippen LogP contribution in [0.4, 0.5) is 5.69 Å². The molecule has 5 nitrogen and oxygen atoms in total. The summed E-state index contributed by atoms with van der Waals surface area (Å²) >= 11 is 0. The maximum absolute atomic E-state index is 12.6. The van der Waals surface area contributed by atoms with Crippen LogP contribution in [0.1, 0.15) is 24.5 Å². The monoisotopic (exact) mass is 374 g/mol. The number of methoxy groups -OCH3 is 1. The Morgan fingerprint density at radius 1 is 1.04 bits per heavy atom. The zero-order valence-electron chi connectivity index (χ0n) is 15.4. The number of nitrogens with one attached hydrogen (secondary N) is 1. The van der Waals surface area contributed by atoms with Gasteiger partial charge in [0.25, 0.3) is 10.0 Å². The molecule has 0 saturated heterocycles. The van der Waals surface area contributed by atoms with E-state index in [0.29, 0.717) is 11.4 Å². The topological polar surface area (TPSA) is 58.6 Å². The van der Waals surface area contributed by atoms with E-state index in [1.165, 1.54) is 11.1 Å². The van der Waals surface area contributed by atoms with Crippen LogP contribution in [0.15, 0.2) is 47.4 Å². The van der Waals surface area contributed by atoms with E-state index < -0.39 is 10.0 Å². The molecule has 0 saturated carbocycles. The molecule has 0 radical (unpaired) electrons. The number of hydrogen-bond donors (Lipinski definition) is 1. The van der Waals surface area contributed by atoms with Gasteiger partial charge in [-0.15, -0.1) is 0 Å². The lowest BCUT2D eigenvalue weighted by molar-refractivity contribution is 0.288. The highest BCUT2D eigenvalue weighted by Gasteiger charge is 2.17. The molecule has 0 aromatic heterocycles. The van der Waals surface area contributed by atoms with Gasteiger partial charge in [0.2, 0.25) is 0 Å². The van der Waals surface area contributed by atoms with Gasteiger partial charge in [-0.1, -0.05) is 13.0 Å². The number of nitrogens with zero attached hydrogens (tertiary/aromatic N) is 1. The van der Waals surface area contributed by atoms with Gasteiger partial charge in [0.05, 0.1) is 12.0 Å². The predicted molar refractivity (Wildman–Crippen MR) is 104 cm³/mol. The van der Waals surface area contributed by atoms with E-state index in [-0.39, 0.29) is 4.90 Å². The molecule has 1 heterocycles. The molecule has 140 valence electrons. The van der Waals surface area contributed by atoms with Crippen molar-refractivity contribution in [3.05, 3.63) is 53.6 Å². The first kappa shape index (κ1) is 18.7. The van der Waals surface area contributed by atoms with Gasteiger partial charge >= 0.3 is 0 Å². The van der Waals surface area contributed by atoms with Gasteiger partial charge in [0.15, 0.2) is 0 Å². The number of benzene rings is 2. The largest absolute Gasteiger partial charge is 0.497 e. The van der Waals surface area contributed by atoms with E-state index in [9.17, 15) is 8.42 Å². The third-order valence-electron chi connectivity index (χ3n) is 4.76. The Bertz CT molecular complexity index is 848. The lowest BCUT2D eigenvalue weighted by Crippen LogP contribution is -2.27. The second kappa shape index (κ2) is 8.10. The number of fused-ring (bicyclic) bond motifs is 1. The van der Waals surface area contributed by atoms with E-state index in [1.54, 1.807) is 31.4 Å². The molecule has 0 atom stereocenters. The normalized spacial score (nSPS) is 15.2. The van der Waals surface area contributed by atoms with Crippen molar-refractivity contribution in [2.45, 2.75) is 31.1 Å². The molecule has 2 aromatic rings. The van der Waals surface area contributed by atoms with E-state index in [2.05, 4.69) is 22.6 Å². The summed E-state index contributed by atoms with van der Waals surface area (Å²) < 4.78 is 33.0. The smallest absolute Gasteiger partial charge is 0.261 e. The van der Waals surface area contributed by atoms with Crippen molar-refractivity contribution in [3.8, 4) is 5.75 Å². The summed E-state index contributed by atoms with van der Waals surface area (Å²) in [6.07, 6.45) is 3.12. The van der Waals surface area contributed by atoms with E-state index in [1.807, 2.05) is 12.1 Å². The highest BCUT2D eigenvalue weighted by Crippen LogP contribution is 2.23. The Morgan fingerprint density at radius 3 is 2.38 bits per heavy atom. The summed E-state index contributed by atoms with van der Waals surface area (Å²) in [4.78, 5) is 2.70. The van der Waals surface area contributed by atoms with Gasteiger partial charge in [0.1, 0.15) is 5.75 Å². The average molecular weight is 375 g/mol. The number of hydrogen-bond acceptors (Lipinski definition) is 4. The molecule has 1 aliphatic rings. The first-order valence-electron chi connectivity index (χ1n) is 9.03. The molecule has 26 heavy (non-hydrogen) atoms. The van der Waals surface area contributed by atoms with Crippen LogP contribution < -0.4 is 9.46 Å². The summed E-state index contributed by atoms with van der Waals surface area (Å²) in [5, 5.41) is 0. The molecule has 0 amide bonds. The fourth-order valence-electron chi connectivity index (χ4n) is 3.34. The van der Waals surface area contributed by atoms with Gasteiger partial charge in [0, 0.05) is 18.8 Å². The Labute approximate surface area is 156 Å². The Balaban J connectivity index is 1.76. The summed E-state index contributed by atoms with van der Waals surface area (Å²) in [5.41, 5.74) is 3.16. The first-order chi connectivity index (χ1) is 12.5. The summed E-state index contributed by atoms with van der Waals surface area (Å²) in [7, 11) is -2.05. The molecule has 0 spiro atoms. The van der Waals surface area contributed by atoms with E-state index in [4.69, 9.17) is 4.74 Å². The van der Waals surface area contributed by atoms with Crippen molar-refractivity contribution >= 4 is 15.7 Å². The summed E-state index contributed by atoms with van der Waals surface area (Å²) in [5.74, 6) is 0.630. The van der Waals surface area contributed by atoms with Gasteiger partial charge in [-0.25, -0.2) is 8.42 Å². The lowest BCUT2D eigenvalue weighted by atomic mass is 10.0. The van der Waals surface area contributed by atoms with Crippen molar-refractivity contribution in [2.75, 3.05) is 31.5 Å². The molecular weight excluding hydrogens is 348 g/mol. The van der Waals surface area contributed by atoms with Gasteiger partial charge in [-0.2, -0.15) is 0 Å². The highest BCUT2D eigenvalue weighted by molar-refractivity contribution is 7.92. The second-order valence-corrected chi connectivity index (χ2v) is 8.29. The number of rotatable bonds is 6. The minimum atomic E-state index is -3.61. The zero-order valence-corrected chi connectivity index (χ0v) is 16.2. The quantitative estimate of drug-likeness (QED) is 0.843. The molecule has 0 fully saturated rings. The Hall–Kier alpha value is -2.05. The van der Waals surface area contributed by atoms with Crippen molar-refractivity contribution in [1.82, 2.24) is 4.90 Å². The zero-order chi connectivity index (χ0) is 18.6. The van der Waals surface area contributed by atoms with Gasteiger partial charge in [-0.05, 0) is 73.3 Å². The average Bonchev–Trinajstić information content (AvgIpc) is 2.84. The maximum atomic E-state index is 12.6. The summed E-state index contributed by atoms with van der Waals surface area (Å²) in [6, 6.07) is 12.3. The summed E-state index contributed by atoms with van der Waals surface area (Å²) in [6.45, 7) is 5.41. The minimum Gasteiger partial charge on any atom is -0.497 e. The van der Waals surface area contributed by atoms with Crippen molar-refractivity contribution in [1.29, 1.82) is 0 Å². The van der Waals surface area contributed by atoms with Gasteiger partial charge in [-0.3, -0.25) is 4.72 Å². The van der Waals surface area contributed by atoms with Crippen LogP contribution in [0.25, 0.3) is 0 Å². The molecule has 0 bridgehead atoms. The van der Waals surface area contributed by atoms with E-state index >= 15 is 0 Å². The standard InChI is InChI=1S/C20H26N2O3S/c1-3-12-22-13-10-16-4-5-18(15-17(16)11-14-22)21-26(23,24)20-8-6-19(25-2)7-9-20/h4-9,15,21H,3,10-14H2,1-2H3. The van der Waals surface area contributed by atoms with Crippen LogP contribution in [-0.2, 0) is 22.9 Å². The van der Waals surface area contributed by atoms with Crippen LogP contribution in [-0.4, -0.2) is 40.1 Å².